The topological polar surface area (TPSA) is 17.1 Å². The first-order chi connectivity index (χ1) is 6.92. The molecule has 1 atom stereocenters. The molecule has 1 aromatic rings. The molecule has 0 spiro atoms. The fourth-order valence-corrected chi connectivity index (χ4v) is 2.45. The third-order valence-corrected chi connectivity index (χ3v) is 3.24. The second-order valence-electron chi connectivity index (χ2n) is 4.12. The minimum Gasteiger partial charge on any atom is -0.303 e. The number of carbonyl (C=O) groups excluding carboxylic acids is 1. The average molecular weight is 188 g/mol. The SMILES string of the molecule is O=C[C@H](c1ccccc1)C1CCCC1. The largest absolute Gasteiger partial charge is 0.303 e. The Morgan fingerprint density at radius 1 is 1.14 bits per heavy atom. The molecule has 0 radical (unpaired) electrons. The van der Waals surface area contributed by atoms with Crippen molar-refractivity contribution in [2.24, 2.45) is 5.92 Å². The summed E-state index contributed by atoms with van der Waals surface area (Å²) in [6.07, 6.45) is 6.16. The molecule has 2 rings (SSSR count). The van der Waals surface area contributed by atoms with Crippen LogP contribution in [0.4, 0.5) is 0 Å². The highest BCUT2D eigenvalue weighted by atomic mass is 16.1. The molecule has 0 aliphatic heterocycles. The molecule has 0 saturated heterocycles. The second-order valence-corrected chi connectivity index (χ2v) is 4.12. The van der Waals surface area contributed by atoms with Gasteiger partial charge in [0.15, 0.2) is 0 Å². The normalized spacial score (nSPS) is 19.4. The number of rotatable bonds is 3. The predicted octanol–water partition coefficient (Wildman–Crippen LogP) is 3.16. The van der Waals surface area contributed by atoms with E-state index < -0.39 is 0 Å². The number of benzene rings is 1. The van der Waals surface area contributed by atoms with Gasteiger partial charge in [0.05, 0.1) is 0 Å². The summed E-state index contributed by atoms with van der Waals surface area (Å²) < 4.78 is 0. The summed E-state index contributed by atoms with van der Waals surface area (Å²) in [6.45, 7) is 0. The zero-order valence-electron chi connectivity index (χ0n) is 8.36. The third-order valence-electron chi connectivity index (χ3n) is 3.24. The summed E-state index contributed by atoms with van der Waals surface area (Å²) in [4.78, 5) is 11.1. The van der Waals surface area contributed by atoms with Gasteiger partial charge in [0, 0.05) is 5.92 Å². The Kier molecular flexibility index (Phi) is 2.97. The summed E-state index contributed by atoms with van der Waals surface area (Å²) in [5.41, 5.74) is 1.19. The molecule has 14 heavy (non-hydrogen) atoms. The molecule has 1 heteroatoms. The van der Waals surface area contributed by atoms with Crippen LogP contribution < -0.4 is 0 Å². The zero-order valence-corrected chi connectivity index (χ0v) is 8.36. The van der Waals surface area contributed by atoms with Crippen LogP contribution in [0.1, 0.15) is 37.2 Å². The fraction of sp³-hybridized carbons (Fsp3) is 0.462. The molecule has 0 amide bonds. The summed E-state index contributed by atoms with van der Waals surface area (Å²) in [5.74, 6) is 0.730. The maximum atomic E-state index is 11.1. The van der Waals surface area contributed by atoms with Gasteiger partial charge in [-0.15, -0.1) is 0 Å². The van der Waals surface area contributed by atoms with Crippen molar-refractivity contribution in [2.75, 3.05) is 0 Å². The van der Waals surface area contributed by atoms with Crippen molar-refractivity contribution < 1.29 is 4.79 Å². The second kappa shape index (κ2) is 4.41. The van der Waals surface area contributed by atoms with E-state index in [1.165, 1.54) is 31.2 Å². The van der Waals surface area contributed by atoms with Crippen LogP contribution in [0, 0.1) is 5.92 Å². The molecule has 0 N–H and O–H groups in total. The molecule has 0 unspecified atom stereocenters. The lowest BCUT2D eigenvalue weighted by Crippen LogP contribution is -2.10. The lowest BCUT2D eigenvalue weighted by molar-refractivity contribution is -0.110. The molecule has 0 aromatic heterocycles. The Bertz CT molecular complexity index is 285. The minimum atomic E-state index is 0.138. The monoisotopic (exact) mass is 188 g/mol. The summed E-state index contributed by atoms with van der Waals surface area (Å²) in [5, 5.41) is 0. The zero-order chi connectivity index (χ0) is 9.80. The van der Waals surface area contributed by atoms with Gasteiger partial charge in [-0.1, -0.05) is 43.2 Å². The lowest BCUT2D eigenvalue weighted by atomic mass is 9.86. The maximum Gasteiger partial charge on any atom is 0.127 e. The highest BCUT2D eigenvalue weighted by Crippen LogP contribution is 2.35. The molecule has 1 nitrogen and oxygen atoms in total. The van der Waals surface area contributed by atoms with Crippen molar-refractivity contribution in [3.63, 3.8) is 0 Å². The van der Waals surface area contributed by atoms with Crippen molar-refractivity contribution >= 4 is 6.29 Å². The number of hydrogen-bond acceptors (Lipinski definition) is 1. The van der Waals surface area contributed by atoms with E-state index in [-0.39, 0.29) is 5.92 Å². The van der Waals surface area contributed by atoms with Gasteiger partial charge in [0.2, 0.25) is 0 Å². The Hall–Kier alpha value is -1.11. The van der Waals surface area contributed by atoms with Gasteiger partial charge < -0.3 is 4.79 Å². The first-order valence-electron chi connectivity index (χ1n) is 5.42. The highest BCUT2D eigenvalue weighted by Gasteiger charge is 2.25. The lowest BCUT2D eigenvalue weighted by Gasteiger charge is -2.17. The minimum absolute atomic E-state index is 0.138. The van der Waals surface area contributed by atoms with Crippen LogP contribution in [0.3, 0.4) is 0 Å². The maximum absolute atomic E-state index is 11.1. The molecule has 1 aromatic carbocycles. The molecule has 74 valence electrons. The van der Waals surface area contributed by atoms with Crippen LogP contribution in [0.2, 0.25) is 0 Å². The smallest absolute Gasteiger partial charge is 0.127 e. The predicted molar refractivity (Wildman–Crippen MR) is 57.2 cm³/mol. The van der Waals surface area contributed by atoms with Gasteiger partial charge in [-0.05, 0) is 24.3 Å². The van der Waals surface area contributed by atoms with E-state index in [0.29, 0.717) is 5.92 Å². The summed E-state index contributed by atoms with van der Waals surface area (Å²) in [6, 6.07) is 10.2. The molecular formula is C13H16O. The van der Waals surface area contributed by atoms with E-state index in [2.05, 4.69) is 12.1 Å². The van der Waals surface area contributed by atoms with Crippen molar-refractivity contribution in [2.45, 2.75) is 31.6 Å². The van der Waals surface area contributed by atoms with Crippen LogP contribution in [0.25, 0.3) is 0 Å². The number of aldehydes is 1. The third kappa shape index (κ3) is 1.87. The van der Waals surface area contributed by atoms with Crippen molar-refractivity contribution in [3.8, 4) is 0 Å². The molecule has 1 aliphatic carbocycles. The van der Waals surface area contributed by atoms with E-state index in [1.54, 1.807) is 0 Å². The van der Waals surface area contributed by atoms with Crippen molar-refractivity contribution in [3.05, 3.63) is 35.9 Å². The first-order valence-corrected chi connectivity index (χ1v) is 5.42. The van der Waals surface area contributed by atoms with E-state index in [1.807, 2.05) is 18.2 Å². The van der Waals surface area contributed by atoms with E-state index in [9.17, 15) is 4.79 Å². The fourth-order valence-electron chi connectivity index (χ4n) is 2.45. The van der Waals surface area contributed by atoms with Crippen LogP contribution in [-0.4, -0.2) is 6.29 Å². The van der Waals surface area contributed by atoms with Gasteiger partial charge in [-0.25, -0.2) is 0 Å². The van der Waals surface area contributed by atoms with Gasteiger partial charge in [0.25, 0.3) is 0 Å². The Balaban J connectivity index is 2.16. The van der Waals surface area contributed by atoms with E-state index in [0.717, 1.165) is 6.29 Å². The van der Waals surface area contributed by atoms with Gasteiger partial charge in [-0.3, -0.25) is 0 Å². The van der Waals surface area contributed by atoms with Crippen LogP contribution in [0.15, 0.2) is 30.3 Å². The van der Waals surface area contributed by atoms with Gasteiger partial charge >= 0.3 is 0 Å². The average Bonchev–Trinajstić information content (AvgIpc) is 2.74. The molecule has 0 heterocycles. The molecular weight excluding hydrogens is 172 g/mol. The van der Waals surface area contributed by atoms with E-state index >= 15 is 0 Å². The standard InChI is InChI=1S/C13H16O/c14-10-13(12-8-4-5-9-12)11-6-2-1-3-7-11/h1-3,6-7,10,12-13H,4-5,8-9H2/t13-/m1/s1. The molecule has 1 aliphatic rings. The molecule has 1 saturated carbocycles. The molecule has 0 bridgehead atoms. The van der Waals surface area contributed by atoms with Gasteiger partial charge in [0.1, 0.15) is 6.29 Å². The number of hydrogen-bond donors (Lipinski definition) is 0. The van der Waals surface area contributed by atoms with Crippen molar-refractivity contribution in [1.82, 2.24) is 0 Å². The van der Waals surface area contributed by atoms with Gasteiger partial charge in [-0.2, -0.15) is 0 Å². The highest BCUT2D eigenvalue weighted by molar-refractivity contribution is 5.62. The first kappa shape index (κ1) is 9.45. The van der Waals surface area contributed by atoms with Crippen LogP contribution in [0.5, 0.6) is 0 Å². The van der Waals surface area contributed by atoms with Crippen LogP contribution in [-0.2, 0) is 4.79 Å². The number of carbonyl (C=O) groups is 1. The van der Waals surface area contributed by atoms with Crippen molar-refractivity contribution in [1.29, 1.82) is 0 Å². The quantitative estimate of drug-likeness (QED) is 0.666. The van der Waals surface area contributed by atoms with Crippen LogP contribution >= 0.6 is 0 Å². The van der Waals surface area contributed by atoms with E-state index in [4.69, 9.17) is 0 Å². The summed E-state index contributed by atoms with van der Waals surface area (Å²) in [7, 11) is 0. The Morgan fingerprint density at radius 2 is 1.79 bits per heavy atom. The molecule has 1 fully saturated rings. The summed E-state index contributed by atoms with van der Waals surface area (Å²) >= 11 is 0. The Labute approximate surface area is 85.1 Å². The Morgan fingerprint density at radius 3 is 2.36 bits per heavy atom.